The van der Waals surface area contributed by atoms with Crippen LogP contribution in [0.5, 0.6) is 0 Å². The van der Waals surface area contributed by atoms with Gasteiger partial charge in [0.1, 0.15) is 4.21 Å². The zero-order chi connectivity index (χ0) is 12.6. The molecule has 0 bridgehead atoms. The first-order valence-electron chi connectivity index (χ1n) is 5.15. The molecule has 0 aliphatic carbocycles. The van der Waals surface area contributed by atoms with E-state index in [9.17, 15) is 8.42 Å². The van der Waals surface area contributed by atoms with Gasteiger partial charge in [-0.05, 0) is 23.6 Å². The van der Waals surface area contributed by atoms with Gasteiger partial charge in [-0.1, -0.05) is 12.1 Å². The predicted octanol–water partition coefficient (Wildman–Crippen LogP) is 2.20. The van der Waals surface area contributed by atoms with E-state index in [2.05, 4.69) is 9.71 Å². The summed E-state index contributed by atoms with van der Waals surface area (Å²) in [6.45, 7) is 0. The average molecular weight is 279 g/mol. The third-order valence-electron chi connectivity index (χ3n) is 2.42. The van der Waals surface area contributed by atoms with Gasteiger partial charge in [0.15, 0.2) is 0 Å². The summed E-state index contributed by atoms with van der Waals surface area (Å²) in [7, 11) is -3.55. The van der Waals surface area contributed by atoms with E-state index >= 15 is 0 Å². The predicted molar refractivity (Wildman–Crippen MR) is 70.3 cm³/mol. The molecule has 3 heterocycles. The van der Waals surface area contributed by atoms with Crippen LogP contribution < -0.4 is 4.72 Å². The van der Waals surface area contributed by atoms with Gasteiger partial charge in [-0.2, -0.15) is 0 Å². The summed E-state index contributed by atoms with van der Waals surface area (Å²) in [5.41, 5.74) is 0.835. The summed E-state index contributed by atoms with van der Waals surface area (Å²) >= 11 is 1.17. The van der Waals surface area contributed by atoms with Gasteiger partial charge in [0.2, 0.25) is 5.95 Å². The molecule has 0 spiro atoms. The molecule has 7 heteroatoms. The van der Waals surface area contributed by atoms with Gasteiger partial charge in [0, 0.05) is 6.20 Å². The molecule has 0 unspecified atom stereocenters. The van der Waals surface area contributed by atoms with Crippen LogP contribution >= 0.6 is 11.3 Å². The van der Waals surface area contributed by atoms with Gasteiger partial charge in [-0.25, -0.2) is 18.1 Å². The highest BCUT2D eigenvalue weighted by Gasteiger charge is 2.17. The second-order valence-electron chi connectivity index (χ2n) is 3.61. The first kappa shape index (κ1) is 11.2. The number of pyridine rings is 1. The number of hydrogen-bond donors (Lipinski definition) is 1. The van der Waals surface area contributed by atoms with Crippen molar-refractivity contribution in [2.24, 2.45) is 0 Å². The highest BCUT2D eigenvalue weighted by atomic mass is 32.2. The monoisotopic (exact) mass is 279 g/mol. The summed E-state index contributed by atoms with van der Waals surface area (Å²) in [6.07, 6.45) is 3.38. The molecule has 0 amide bonds. The Bertz CT molecular complexity index is 776. The third kappa shape index (κ3) is 1.87. The minimum atomic E-state index is -3.55. The van der Waals surface area contributed by atoms with Crippen molar-refractivity contribution >= 4 is 32.8 Å². The standard InChI is InChI=1S/C11H9N3O2S2/c15-18(16,10-5-3-7-17-10)13-11-12-8-9-4-1-2-6-14(9)11/h1-8H,(H,12,13). The molecule has 0 aromatic carbocycles. The Hall–Kier alpha value is -1.86. The summed E-state index contributed by atoms with van der Waals surface area (Å²) in [4.78, 5) is 4.07. The van der Waals surface area contributed by atoms with Crippen LogP contribution in [-0.2, 0) is 10.0 Å². The zero-order valence-electron chi connectivity index (χ0n) is 9.15. The highest BCUT2D eigenvalue weighted by Crippen LogP contribution is 2.20. The molecule has 3 rings (SSSR count). The van der Waals surface area contributed by atoms with Crippen molar-refractivity contribution in [3.05, 3.63) is 48.1 Å². The fraction of sp³-hybridized carbons (Fsp3) is 0. The number of fused-ring (bicyclic) bond motifs is 1. The van der Waals surface area contributed by atoms with E-state index in [1.54, 1.807) is 34.3 Å². The molecule has 0 saturated carbocycles. The number of hydrogen-bond acceptors (Lipinski definition) is 4. The quantitative estimate of drug-likeness (QED) is 0.799. The molecular formula is C11H9N3O2S2. The van der Waals surface area contributed by atoms with Crippen molar-refractivity contribution in [1.29, 1.82) is 0 Å². The van der Waals surface area contributed by atoms with Crippen LogP contribution in [0.25, 0.3) is 5.52 Å². The van der Waals surface area contributed by atoms with Crippen LogP contribution in [-0.4, -0.2) is 17.8 Å². The summed E-state index contributed by atoms with van der Waals surface area (Å²) in [5, 5.41) is 1.72. The van der Waals surface area contributed by atoms with Crippen molar-refractivity contribution in [1.82, 2.24) is 9.38 Å². The van der Waals surface area contributed by atoms with E-state index in [0.717, 1.165) is 5.52 Å². The number of thiophene rings is 1. The maximum atomic E-state index is 12.1. The lowest BCUT2D eigenvalue weighted by Gasteiger charge is -2.04. The van der Waals surface area contributed by atoms with Crippen LogP contribution in [0, 0.1) is 0 Å². The molecule has 3 aromatic rings. The summed E-state index contributed by atoms with van der Waals surface area (Å²) in [5.74, 6) is 0.291. The molecule has 1 N–H and O–H groups in total. The molecule has 0 fully saturated rings. The van der Waals surface area contributed by atoms with Crippen LogP contribution in [0.2, 0.25) is 0 Å². The maximum Gasteiger partial charge on any atom is 0.273 e. The summed E-state index contributed by atoms with van der Waals surface area (Å²) in [6, 6.07) is 8.80. The van der Waals surface area contributed by atoms with Gasteiger partial charge in [0.25, 0.3) is 10.0 Å². The molecule has 3 aromatic heterocycles. The van der Waals surface area contributed by atoms with E-state index in [1.807, 2.05) is 18.2 Å². The number of imidazole rings is 1. The number of aromatic nitrogens is 2. The molecule has 18 heavy (non-hydrogen) atoms. The smallest absolute Gasteiger partial charge is 0.273 e. The van der Waals surface area contributed by atoms with Gasteiger partial charge in [-0.3, -0.25) is 4.40 Å². The van der Waals surface area contributed by atoms with Crippen LogP contribution in [0.3, 0.4) is 0 Å². The number of nitrogens with zero attached hydrogens (tertiary/aromatic N) is 2. The topological polar surface area (TPSA) is 63.5 Å². The Kier molecular flexibility index (Phi) is 2.57. The number of sulfonamides is 1. The van der Waals surface area contributed by atoms with E-state index < -0.39 is 10.0 Å². The van der Waals surface area contributed by atoms with Gasteiger partial charge >= 0.3 is 0 Å². The fourth-order valence-corrected chi connectivity index (χ4v) is 3.60. The molecule has 0 aliphatic heterocycles. The van der Waals surface area contributed by atoms with Crippen molar-refractivity contribution in [3.8, 4) is 0 Å². The normalized spacial score (nSPS) is 11.8. The molecule has 0 atom stereocenters. The lowest BCUT2D eigenvalue weighted by atomic mass is 10.4. The molecule has 92 valence electrons. The molecule has 5 nitrogen and oxygen atoms in total. The Morgan fingerprint density at radius 3 is 2.89 bits per heavy atom. The Morgan fingerprint density at radius 2 is 2.11 bits per heavy atom. The first-order chi connectivity index (χ1) is 8.67. The van der Waals surface area contributed by atoms with Crippen LogP contribution in [0.4, 0.5) is 5.95 Å². The SMILES string of the molecule is O=S(=O)(Nc1ncc2ccccn12)c1cccs1. The molecule has 0 saturated heterocycles. The lowest BCUT2D eigenvalue weighted by molar-refractivity contribution is 0.602. The third-order valence-corrected chi connectivity index (χ3v) is 5.15. The van der Waals surface area contributed by atoms with Gasteiger partial charge in [-0.15, -0.1) is 11.3 Å². The number of anilines is 1. The minimum Gasteiger partial charge on any atom is -0.285 e. The van der Waals surface area contributed by atoms with E-state index in [4.69, 9.17) is 0 Å². The second kappa shape index (κ2) is 4.11. The second-order valence-corrected chi connectivity index (χ2v) is 6.47. The first-order valence-corrected chi connectivity index (χ1v) is 7.51. The van der Waals surface area contributed by atoms with Crippen molar-refractivity contribution in [2.75, 3.05) is 4.72 Å². The van der Waals surface area contributed by atoms with Crippen molar-refractivity contribution < 1.29 is 8.42 Å². The number of rotatable bonds is 3. The summed E-state index contributed by atoms with van der Waals surface area (Å²) < 4.78 is 28.5. The van der Waals surface area contributed by atoms with E-state index in [-0.39, 0.29) is 4.21 Å². The fourth-order valence-electron chi connectivity index (χ4n) is 1.61. The maximum absolute atomic E-state index is 12.1. The van der Waals surface area contributed by atoms with Crippen LogP contribution in [0.1, 0.15) is 0 Å². The number of nitrogens with one attached hydrogen (secondary N) is 1. The Morgan fingerprint density at radius 1 is 1.22 bits per heavy atom. The molecule has 0 radical (unpaired) electrons. The van der Waals surface area contributed by atoms with Crippen molar-refractivity contribution in [3.63, 3.8) is 0 Å². The highest BCUT2D eigenvalue weighted by molar-refractivity contribution is 7.94. The molecular weight excluding hydrogens is 270 g/mol. The van der Waals surface area contributed by atoms with Gasteiger partial charge < -0.3 is 0 Å². The van der Waals surface area contributed by atoms with Gasteiger partial charge in [0.05, 0.1) is 11.7 Å². The van der Waals surface area contributed by atoms with Crippen molar-refractivity contribution in [2.45, 2.75) is 4.21 Å². The van der Waals surface area contributed by atoms with Crippen LogP contribution in [0.15, 0.2) is 52.3 Å². The Labute approximate surface area is 108 Å². The Balaban J connectivity index is 2.03. The minimum absolute atomic E-state index is 0.273. The molecule has 0 aliphatic rings. The van der Waals surface area contributed by atoms with E-state index in [0.29, 0.717) is 5.95 Å². The zero-order valence-corrected chi connectivity index (χ0v) is 10.8. The average Bonchev–Trinajstić information content (AvgIpc) is 2.99. The largest absolute Gasteiger partial charge is 0.285 e. The lowest BCUT2D eigenvalue weighted by Crippen LogP contribution is -2.13. The van der Waals surface area contributed by atoms with E-state index in [1.165, 1.54) is 11.3 Å².